The minimum Gasteiger partial charge on any atom is -0.253 e. The average Bonchev–Trinajstić information content (AvgIpc) is 2.00. The van der Waals surface area contributed by atoms with Crippen LogP contribution >= 0.6 is 15.9 Å². The second-order valence-corrected chi connectivity index (χ2v) is 4.63. The summed E-state index contributed by atoms with van der Waals surface area (Å²) in [7, 11) is -4.03. The summed E-state index contributed by atoms with van der Waals surface area (Å²) in [6.07, 6.45) is 0. The van der Waals surface area contributed by atoms with Crippen LogP contribution in [-0.4, -0.2) is 8.42 Å². The molecule has 0 aliphatic rings. The molecule has 0 aromatic heterocycles. The van der Waals surface area contributed by atoms with Crippen LogP contribution in [0.4, 0.5) is 4.39 Å². The number of rotatable bonds is 3. The Morgan fingerprint density at radius 2 is 2.14 bits per heavy atom. The topological polar surface area (TPSA) is 69.4 Å². The first-order valence-corrected chi connectivity index (χ1v) is 5.76. The number of hydrogen-bond donors (Lipinski definition) is 1. The van der Waals surface area contributed by atoms with E-state index in [1.54, 1.807) is 6.07 Å². The molecule has 0 amide bonds. The Labute approximate surface area is 89.3 Å². The zero-order valence-corrected chi connectivity index (χ0v) is 9.31. The van der Waals surface area contributed by atoms with E-state index in [1.165, 1.54) is 12.1 Å². The Balaban J connectivity index is 2.78. The molecular formula is C7H7BrFNO3S. The molecule has 0 unspecified atom stereocenters. The average molecular weight is 284 g/mol. The van der Waals surface area contributed by atoms with E-state index >= 15 is 0 Å². The Bertz CT molecular complexity index is 435. The van der Waals surface area contributed by atoms with E-state index in [0.29, 0.717) is 4.47 Å². The third-order valence-electron chi connectivity index (χ3n) is 1.39. The van der Waals surface area contributed by atoms with Crippen LogP contribution in [0.3, 0.4) is 0 Å². The Morgan fingerprint density at radius 1 is 1.50 bits per heavy atom. The minimum atomic E-state index is -4.03. The first-order chi connectivity index (χ1) is 6.38. The van der Waals surface area contributed by atoms with Gasteiger partial charge in [0, 0.05) is 10.0 Å². The van der Waals surface area contributed by atoms with E-state index in [9.17, 15) is 12.8 Å². The summed E-state index contributed by atoms with van der Waals surface area (Å²) >= 11 is 3.06. The predicted octanol–water partition coefficient (Wildman–Crippen LogP) is 1.31. The molecule has 0 saturated heterocycles. The zero-order chi connectivity index (χ0) is 10.8. The van der Waals surface area contributed by atoms with Crippen molar-refractivity contribution < 1.29 is 17.0 Å². The third-order valence-corrected chi connectivity index (χ3v) is 2.33. The summed E-state index contributed by atoms with van der Waals surface area (Å²) in [5.41, 5.74) is 0.127. The van der Waals surface area contributed by atoms with E-state index in [2.05, 4.69) is 25.3 Å². The van der Waals surface area contributed by atoms with Crippen LogP contribution in [0.2, 0.25) is 0 Å². The summed E-state index contributed by atoms with van der Waals surface area (Å²) in [5, 5.41) is 4.58. The fourth-order valence-corrected chi connectivity index (χ4v) is 1.41. The Kier molecular flexibility index (Phi) is 3.59. The van der Waals surface area contributed by atoms with Crippen LogP contribution in [0.25, 0.3) is 0 Å². The molecule has 0 heterocycles. The first kappa shape index (κ1) is 11.6. The number of benzene rings is 1. The number of halogens is 2. The van der Waals surface area contributed by atoms with Gasteiger partial charge < -0.3 is 0 Å². The van der Waals surface area contributed by atoms with Gasteiger partial charge in [-0.2, -0.15) is 8.42 Å². The van der Waals surface area contributed by atoms with Crippen molar-refractivity contribution in [2.45, 2.75) is 6.61 Å². The van der Waals surface area contributed by atoms with Crippen molar-refractivity contribution in [1.29, 1.82) is 0 Å². The van der Waals surface area contributed by atoms with Crippen molar-refractivity contribution in [2.24, 2.45) is 5.14 Å². The maximum absolute atomic E-state index is 13.1. The lowest BCUT2D eigenvalue weighted by Gasteiger charge is -2.02. The normalized spacial score (nSPS) is 11.6. The largest absolute Gasteiger partial charge is 0.333 e. The quantitative estimate of drug-likeness (QED) is 0.909. The fraction of sp³-hybridized carbons (Fsp3) is 0.143. The standard InChI is InChI=1S/C7H7BrFNO3S/c8-6-2-1-5(7(9)3-6)4-13-14(10,11)12/h1-3H,4H2,(H2,10,11,12). The van der Waals surface area contributed by atoms with Gasteiger partial charge in [-0.3, -0.25) is 4.18 Å². The second-order valence-electron chi connectivity index (χ2n) is 2.49. The lowest BCUT2D eigenvalue weighted by molar-refractivity contribution is 0.303. The lowest BCUT2D eigenvalue weighted by Crippen LogP contribution is -2.15. The van der Waals surface area contributed by atoms with Gasteiger partial charge in [-0.15, -0.1) is 0 Å². The molecule has 4 nitrogen and oxygen atoms in total. The van der Waals surface area contributed by atoms with E-state index in [4.69, 9.17) is 0 Å². The van der Waals surface area contributed by atoms with Gasteiger partial charge in [0.25, 0.3) is 0 Å². The van der Waals surface area contributed by atoms with Crippen molar-refractivity contribution in [3.05, 3.63) is 34.1 Å². The monoisotopic (exact) mass is 283 g/mol. The van der Waals surface area contributed by atoms with Crippen molar-refractivity contribution in [3.63, 3.8) is 0 Å². The maximum Gasteiger partial charge on any atom is 0.333 e. The van der Waals surface area contributed by atoms with Gasteiger partial charge >= 0.3 is 10.3 Å². The molecule has 0 fully saturated rings. The number of nitrogens with two attached hydrogens (primary N) is 1. The second kappa shape index (κ2) is 4.35. The van der Waals surface area contributed by atoms with Crippen LogP contribution in [-0.2, 0) is 21.1 Å². The van der Waals surface area contributed by atoms with Gasteiger partial charge in [0.2, 0.25) is 0 Å². The maximum atomic E-state index is 13.1. The molecule has 0 atom stereocenters. The molecule has 1 aromatic rings. The van der Waals surface area contributed by atoms with E-state index in [1.807, 2.05) is 0 Å². The van der Waals surface area contributed by atoms with Crippen molar-refractivity contribution in [3.8, 4) is 0 Å². The highest BCUT2D eigenvalue weighted by Gasteiger charge is 2.07. The van der Waals surface area contributed by atoms with Gasteiger partial charge in [0.15, 0.2) is 0 Å². The SMILES string of the molecule is NS(=O)(=O)OCc1ccc(Br)cc1F. The smallest absolute Gasteiger partial charge is 0.253 e. The molecule has 0 spiro atoms. The van der Waals surface area contributed by atoms with E-state index in [-0.39, 0.29) is 5.56 Å². The molecular weight excluding hydrogens is 277 g/mol. The summed E-state index contributed by atoms with van der Waals surface area (Å²) in [4.78, 5) is 0. The molecule has 0 saturated carbocycles. The van der Waals surface area contributed by atoms with Crippen LogP contribution < -0.4 is 5.14 Å². The summed E-state index contributed by atoms with van der Waals surface area (Å²) in [5.74, 6) is -0.553. The fourth-order valence-electron chi connectivity index (χ4n) is 0.784. The molecule has 2 N–H and O–H groups in total. The molecule has 0 aliphatic heterocycles. The van der Waals surface area contributed by atoms with Gasteiger partial charge in [0.05, 0.1) is 6.61 Å². The van der Waals surface area contributed by atoms with Gasteiger partial charge in [-0.05, 0) is 12.1 Å². The summed E-state index contributed by atoms with van der Waals surface area (Å²) in [6.45, 7) is -0.405. The first-order valence-electron chi connectivity index (χ1n) is 3.49. The molecule has 7 heteroatoms. The molecule has 14 heavy (non-hydrogen) atoms. The van der Waals surface area contributed by atoms with Gasteiger partial charge in [-0.1, -0.05) is 22.0 Å². The lowest BCUT2D eigenvalue weighted by atomic mass is 10.2. The molecule has 0 bridgehead atoms. The highest BCUT2D eigenvalue weighted by atomic mass is 79.9. The molecule has 0 radical (unpaired) electrons. The third kappa shape index (κ3) is 3.70. The Morgan fingerprint density at radius 3 is 2.64 bits per heavy atom. The van der Waals surface area contributed by atoms with Crippen LogP contribution in [0.5, 0.6) is 0 Å². The molecule has 1 rings (SSSR count). The molecule has 78 valence electrons. The minimum absolute atomic E-state index is 0.127. The van der Waals surface area contributed by atoms with Gasteiger partial charge in [0.1, 0.15) is 5.82 Å². The van der Waals surface area contributed by atoms with E-state index in [0.717, 1.165) is 0 Å². The number of hydrogen-bond acceptors (Lipinski definition) is 3. The van der Waals surface area contributed by atoms with Crippen molar-refractivity contribution in [2.75, 3.05) is 0 Å². The predicted molar refractivity (Wildman–Crippen MR) is 52.0 cm³/mol. The van der Waals surface area contributed by atoms with E-state index < -0.39 is 22.7 Å². The highest BCUT2D eigenvalue weighted by Crippen LogP contribution is 2.16. The summed E-state index contributed by atoms with van der Waals surface area (Å²) in [6, 6.07) is 4.19. The van der Waals surface area contributed by atoms with Crippen LogP contribution in [0.15, 0.2) is 22.7 Å². The van der Waals surface area contributed by atoms with Gasteiger partial charge in [-0.25, -0.2) is 9.53 Å². The van der Waals surface area contributed by atoms with Crippen LogP contribution in [0.1, 0.15) is 5.56 Å². The van der Waals surface area contributed by atoms with Crippen molar-refractivity contribution in [1.82, 2.24) is 0 Å². The zero-order valence-electron chi connectivity index (χ0n) is 6.91. The highest BCUT2D eigenvalue weighted by molar-refractivity contribution is 9.10. The van der Waals surface area contributed by atoms with Crippen molar-refractivity contribution >= 4 is 26.2 Å². The molecule has 0 aliphatic carbocycles. The molecule has 1 aromatic carbocycles. The Hall–Kier alpha value is -0.500. The summed E-state index contributed by atoms with van der Waals surface area (Å²) < 4.78 is 38.7. The van der Waals surface area contributed by atoms with Crippen LogP contribution in [0, 0.1) is 5.82 Å².